The van der Waals surface area contributed by atoms with Crippen LogP contribution in [0.4, 0.5) is 18.9 Å². The number of hydrogen-bond acceptors (Lipinski definition) is 5. The van der Waals surface area contributed by atoms with Crippen molar-refractivity contribution in [3.63, 3.8) is 0 Å². The van der Waals surface area contributed by atoms with Gasteiger partial charge in [0, 0.05) is 5.69 Å². The van der Waals surface area contributed by atoms with Crippen molar-refractivity contribution in [2.24, 2.45) is 0 Å². The van der Waals surface area contributed by atoms with Crippen molar-refractivity contribution in [1.82, 2.24) is 0 Å². The van der Waals surface area contributed by atoms with Crippen LogP contribution in [0.1, 0.15) is 17.2 Å². The van der Waals surface area contributed by atoms with Gasteiger partial charge in [-0.2, -0.15) is 13.2 Å². The number of amides is 1. The van der Waals surface area contributed by atoms with E-state index in [0.29, 0.717) is 16.5 Å². The molecule has 3 aromatic carbocycles. The molecule has 0 spiro atoms. The van der Waals surface area contributed by atoms with Crippen molar-refractivity contribution in [3.05, 3.63) is 88.9 Å². The fourth-order valence-electron chi connectivity index (χ4n) is 3.67. The summed E-state index contributed by atoms with van der Waals surface area (Å²) in [5, 5.41) is 12.1. The smallest absolute Gasteiger partial charge is 0.416 e. The van der Waals surface area contributed by atoms with E-state index in [1.807, 2.05) is 0 Å². The maximum absolute atomic E-state index is 13.3. The van der Waals surface area contributed by atoms with Gasteiger partial charge in [0.2, 0.25) is 0 Å². The van der Waals surface area contributed by atoms with Crippen molar-refractivity contribution in [2.75, 3.05) is 11.5 Å². The Morgan fingerprint density at radius 1 is 1.06 bits per heavy atom. The lowest BCUT2D eigenvalue weighted by atomic mass is 9.95. The summed E-state index contributed by atoms with van der Waals surface area (Å²) >= 11 is 6.09. The highest BCUT2D eigenvalue weighted by Gasteiger charge is 2.41. The highest BCUT2D eigenvalue weighted by Crippen LogP contribution is 2.38. The Morgan fingerprint density at radius 2 is 1.76 bits per heavy atom. The van der Waals surface area contributed by atoms with Crippen LogP contribution in [0.3, 0.4) is 0 Å². The number of carboxylic acids is 1. The zero-order valence-corrected chi connectivity index (χ0v) is 18.0. The Labute approximate surface area is 197 Å². The van der Waals surface area contributed by atoms with Gasteiger partial charge in [0.15, 0.2) is 0 Å². The number of morpholine rings is 1. The lowest BCUT2D eigenvalue weighted by Gasteiger charge is -2.41. The number of nitrogens with zero attached hydrogens (tertiary/aromatic N) is 1. The Morgan fingerprint density at radius 3 is 2.41 bits per heavy atom. The molecule has 1 saturated heterocycles. The molecule has 1 aliphatic rings. The first kappa shape index (κ1) is 23.6. The number of ether oxygens (including phenoxy) is 2. The predicted octanol–water partition coefficient (Wildman–Crippen LogP) is 4.37. The molecule has 0 saturated carbocycles. The standard InChI is InChI=1S/C24H17ClF3NO5/c25-18-6-1-2-7-19(18)34-17-10-8-16(9-11-17)29-20(30)13-33-22(23(31)32)21(29)14-4-3-5-15(12-14)24(26,27)28/h1-12,21-22H,13H2,(H,31,32)/p-1. The number of aliphatic carboxylic acids is 1. The molecule has 0 aliphatic carbocycles. The van der Waals surface area contributed by atoms with E-state index in [4.69, 9.17) is 21.1 Å². The topological polar surface area (TPSA) is 78.9 Å². The van der Waals surface area contributed by atoms with Gasteiger partial charge < -0.3 is 19.4 Å². The average molecular weight is 491 g/mol. The largest absolute Gasteiger partial charge is 0.547 e. The van der Waals surface area contributed by atoms with E-state index in [-0.39, 0.29) is 11.3 Å². The Hall–Kier alpha value is -3.56. The van der Waals surface area contributed by atoms with Crippen LogP contribution in [0, 0.1) is 0 Å². The van der Waals surface area contributed by atoms with Gasteiger partial charge in [-0.1, -0.05) is 35.9 Å². The molecule has 1 fully saturated rings. The number of carbonyl (C=O) groups excluding carboxylic acids is 2. The van der Waals surface area contributed by atoms with Gasteiger partial charge in [-0.05, 0) is 54.1 Å². The summed E-state index contributed by atoms with van der Waals surface area (Å²) in [4.78, 5) is 25.6. The van der Waals surface area contributed by atoms with Crippen molar-refractivity contribution in [3.8, 4) is 11.5 Å². The predicted molar refractivity (Wildman–Crippen MR) is 114 cm³/mol. The van der Waals surface area contributed by atoms with Crippen molar-refractivity contribution >= 4 is 29.2 Å². The minimum atomic E-state index is -4.66. The number of anilines is 1. The van der Waals surface area contributed by atoms with Gasteiger partial charge in [0.05, 0.1) is 22.6 Å². The van der Waals surface area contributed by atoms with Crippen LogP contribution >= 0.6 is 11.6 Å². The van der Waals surface area contributed by atoms with Crippen molar-refractivity contribution < 1.29 is 37.3 Å². The third-order valence-corrected chi connectivity index (χ3v) is 5.50. The lowest BCUT2D eigenvalue weighted by molar-refractivity contribution is -0.318. The molecule has 2 atom stereocenters. The van der Waals surface area contributed by atoms with Gasteiger partial charge in [-0.15, -0.1) is 0 Å². The number of hydrogen-bond donors (Lipinski definition) is 0. The van der Waals surface area contributed by atoms with Crippen molar-refractivity contribution in [2.45, 2.75) is 18.3 Å². The maximum Gasteiger partial charge on any atom is 0.416 e. The third kappa shape index (κ3) is 4.85. The molecule has 1 amide bonds. The molecule has 10 heteroatoms. The molecule has 4 rings (SSSR count). The zero-order valence-electron chi connectivity index (χ0n) is 17.3. The Kier molecular flexibility index (Phi) is 6.49. The van der Waals surface area contributed by atoms with Gasteiger partial charge in [0.1, 0.15) is 24.2 Å². The van der Waals surface area contributed by atoms with E-state index in [0.717, 1.165) is 23.1 Å². The van der Waals surface area contributed by atoms with E-state index in [1.54, 1.807) is 24.3 Å². The summed E-state index contributed by atoms with van der Waals surface area (Å²) in [5.41, 5.74) is -0.800. The van der Waals surface area contributed by atoms with Crippen molar-refractivity contribution in [1.29, 1.82) is 0 Å². The van der Waals surface area contributed by atoms with Gasteiger partial charge in [-0.25, -0.2) is 0 Å². The summed E-state index contributed by atoms with van der Waals surface area (Å²) in [6.07, 6.45) is -6.34. The van der Waals surface area contributed by atoms with Crippen LogP contribution in [-0.4, -0.2) is 24.6 Å². The number of carboxylic acid groups (broad SMARTS) is 1. The summed E-state index contributed by atoms with van der Waals surface area (Å²) < 4.78 is 50.7. The van der Waals surface area contributed by atoms with E-state index in [9.17, 15) is 27.9 Å². The molecule has 0 radical (unpaired) electrons. The molecule has 34 heavy (non-hydrogen) atoms. The van der Waals surface area contributed by atoms with Crippen LogP contribution < -0.4 is 14.7 Å². The summed E-state index contributed by atoms with van der Waals surface area (Å²) in [7, 11) is 0. The Balaban J connectivity index is 1.71. The number of alkyl halides is 3. The number of carbonyl (C=O) groups is 2. The van der Waals surface area contributed by atoms with Crippen LogP contribution in [0.15, 0.2) is 72.8 Å². The molecule has 3 aromatic rings. The molecule has 1 heterocycles. The van der Waals surface area contributed by atoms with Crippen LogP contribution in [0.2, 0.25) is 5.02 Å². The number of para-hydroxylation sites is 1. The molecule has 2 unspecified atom stereocenters. The second-order valence-corrected chi connectivity index (χ2v) is 7.82. The number of benzene rings is 3. The second-order valence-electron chi connectivity index (χ2n) is 7.41. The van der Waals surface area contributed by atoms with E-state index in [1.165, 1.54) is 30.3 Å². The first-order valence-corrected chi connectivity index (χ1v) is 10.4. The minimum Gasteiger partial charge on any atom is -0.547 e. The maximum atomic E-state index is 13.3. The highest BCUT2D eigenvalue weighted by molar-refractivity contribution is 6.32. The van der Waals surface area contributed by atoms with Gasteiger partial charge >= 0.3 is 6.18 Å². The van der Waals surface area contributed by atoms with Gasteiger partial charge in [0.25, 0.3) is 5.91 Å². The van der Waals surface area contributed by atoms with E-state index >= 15 is 0 Å². The van der Waals surface area contributed by atoms with Crippen LogP contribution in [0.5, 0.6) is 11.5 Å². The third-order valence-electron chi connectivity index (χ3n) is 5.19. The molecule has 6 nitrogen and oxygen atoms in total. The minimum absolute atomic E-state index is 0.0616. The average Bonchev–Trinajstić information content (AvgIpc) is 2.80. The zero-order chi connectivity index (χ0) is 24.5. The summed E-state index contributed by atoms with van der Waals surface area (Å²) in [6.45, 7) is -0.577. The molecule has 0 aromatic heterocycles. The molecule has 1 aliphatic heterocycles. The fraction of sp³-hybridized carbons (Fsp3) is 0.167. The number of halogens is 4. The monoisotopic (exact) mass is 490 g/mol. The summed E-state index contributed by atoms with van der Waals surface area (Å²) in [6, 6.07) is 15.5. The van der Waals surface area contributed by atoms with E-state index in [2.05, 4.69) is 0 Å². The lowest BCUT2D eigenvalue weighted by Crippen LogP contribution is -2.55. The Bertz CT molecular complexity index is 1220. The quantitative estimate of drug-likeness (QED) is 0.530. The molecular formula is C24H16ClF3NO5-. The SMILES string of the molecule is O=C([O-])C1OCC(=O)N(c2ccc(Oc3ccccc3Cl)cc2)C1c1cccc(C(F)(F)F)c1. The van der Waals surface area contributed by atoms with Gasteiger partial charge in [-0.3, -0.25) is 9.69 Å². The first-order chi connectivity index (χ1) is 16.1. The first-order valence-electron chi connectivity index (χ1n) is 9.99. The van der Waals surface area contributed by atoms with E-state index < -0.39 is 42.4 Å². The summed E-state index contributed by atoms with van der Waals surface area (Å²) in [5.74, 6) is -1.50. The highest BCUT2D eigenvalue weighted by atomic mass is 35.5. The molecule has 176 valence electrons. The second kappa shape index (κ2) is 9.36. The normalized spacial score (nSPS) is 18.6. The molecular weight excluding hydrogens is 475 g/mol. The van der Waals surface area contributed by atoms with Crippen LogP contribution in [-0.2, 0) is 20.5 Å². The molecule has 0 bridgehead atoms. The fourth-order valence-corrected chi connectivity index (χ4v) is 3.84. The number of rotatable bonds is 5. The molecule has 0 N–H and O–H groups in total. The van der Waals surface area contributed by atoms with Crippen LogP contribution in [0.25, 0.3) is 0 Å².